The molecule has 1 saturated heterocycles. The van der Waals surface area contributed by atoms with Crippen molar-refractivity contribution in [2.24, 2.45) is 0 Å². The van der Waals surface area contributed by atoms with Gasteiger partial charge in [-0.25, -0.2) is 24.1 Å². The summed E-state index contributed by atoms with van der Waals surface area (Å²) in [5, 5.41) is 9.77. The Labute approximate surface area is 254 Å². The van der Waals surface area contributed by atoms with Crippen molar-refractivity contribution in [1.29, 1.82) is 0 Å². The second kappa shape index (κ2) is 12.2. The average Bonchev–Trinajstić information content (AvgIpc) is 3.70. The van der Waals surface area contributed by atoms with E-state index in [4.69, 9.17) is 21.3 Å². The van der Waals surface area contributed by atoms with Crippen LogP contribution in [-0.4, -0.2) is 71.2 Å². The zero-order valence-corrected chi connectivity index (χ0v) is 24.7. The van der Waals surface area contributed by atoms with Crippen LogP contribution in [0.2, 0.25) is 5.02 Å². The number of fused-ring (bicyclic) bond motifs is 1. The van der Waals surface area contributed by atoms with Gasteiger partial charge in [-0.15, -0.1) is 11.3 Å². The fourth-order valence-electron chi connectivity index (χ4n) is 4.98. The Morgan fingerprint density at radius 3 is 2.65 bits per heavy atom. The van der Waals surface area contributed by atoms with E-state index in [0.717, 1.165) is 41.1 Å². The van der Waals surface area contributed by atoms with Crippen molar-refractivity contribution in [2.45, 2.75) is 33.2 Å². The molecular formula is C28H27ClF2N8O3S. The summed E-state index contributed by atoms with van der Waals surface area (Å²) in [5.41, 5.74) is 2.01. The number of thiophene rings is 1. The molecule has 15 heteroatoms. The second-order valence-corrected chi connectivity index (χ2v) is 11.5. The number of aromatic nitrogens is 6. The molecule has 11 nitrogen and oxygen atoms in total. The van der Waals surface area contributed by atoms with Crippen molar-refractivity contribution in [1.82, 2.24) is 34.0 Å². The Morgan fingerprint density at radius 2 is 1.91 bits per heavy atom. The number of aryl methyl sites for hydroxylation is 1. The van der Waals surface area contributed by atoms with E-state index in [0.29, 0.717) is 50.0 Å². The normalized spacial score (nSPS) is 14.1. The van der Waals surface area contributed by atoms with Gasteiger partial charge in [-0.1, -0.05) is 17.7 Å². The number of nitrogens with zero attached hydrogens (tertiary/aromatic N) is 8. The third kappa shape index (κ3) is 6.17. The maximum absolute atomic E-state index is 14.4. The molecule has 5 aromatic rings. The van der Waals surface area contributed by atoms with E-state index in [-0.39, 0.29) is 28.0 Å². The monoisotopic (exact) mass is 628 g/mol. The number of carbonyl (C=O) groups is 1. The van der Waals surface area contributed by atoms with Crippen molar-refractivity contribution in [3.8, 4) is 5.88 Å². The lowest BCUT2D eigenvalue weighted by atomic mass is 10.2. The number of anilines is 1. The summed E-state index contributed by atoms with van der Waals surface area (Å²) in [7, 11) is 0. The first kappa shape index (κ1) is 29.0. The molecule has 0 aliphatic carbocycles. The predicted octanol–water partition coefficient (Wildman–Crippen LogP) is 4.68. The summed E-state index contributed by atoms with van der Waals surface area (Å²) in [5.74, 6) is -1.35. The summed E-state index contributed by atoms with van der Waals surface area (Å²) < 4.78 is 38.1. The lowest BCUT2D eigenvalue weighted by molar-refractivity contribution is 0.0702. The van der Waals surface area contributed by atoms with Crippen molar-refractivity contribution >= 4 is 45.2 Å². The minimum Gasteiger partial charge on any atom is -0.477 e. The van der Waals surface area contributed by atoms with Crippen molar-refractivity contribution in [3.05, 3.63) is 81.6 Å². The van der Waals surface area contributed by atoms with Crippen LogP contribution in [0.1, 0.15) is 33.7 Å². The number of hydrogen-bond acceptors (Lipinski definition) is 9. The van der Waals surface area contributed by atoms with Gasteiger partial charge < -0.3 is 23.9 Å². The zero-order chi connectivity index (χ0) is 30.1. The Morgan fingerprint density at radius 1 is 1.09 bits per heavy atom. The number of imidazole rings is 2. The quantitative estimate of drug-likeness (QED) is 0.235. The van der Waals surface area contributed by atoms with Gasteiger partial charge in [-0.05, 0) is 25.1 Å². The summed E-state index contributed by atoms with van der Waals surface area (Å²) in [6.07, 6.45) is 4.65. The molecular weight excluding hydrogens is 602 g/mol. The number of ether oxygens (including phenoxy) is 1. The fraction of sp³-hybridized carbons (Fsp3) is 0.321. The summed E-state index contributed by atoms with van der Waals surface area (Å²) in [6.45, 7) is 6.18. The molecule has 0 amide bonds. The highest BCUT2D eigenvalue weighted by Gasteiger charge is 2.24. The molecule has 5 heterocycles. The van der Waals surface area contributed by atoms with Crippen LogP contribution < -0.4 is 9.64 Å². The minimum absolute atomic E-state index is 0.207. The molecule has 1 aromatic carbocycles. The highest BCUT2D eigenvalue weighted by Crippen LogP contribution is 2.28. The molecule has 1 aliphatic heterocycles. The van der Waals surface area contributed by atoms with Crippen molar-refractivity contribution in [3.63, 3.8) is 0 Å². The van der Waals surface area contributed by atoms with Crippen LogP contribution in [0.3, 0.4) is 0 Å². The van der Waals surface area contributed by atoms with Gasteiger partial charge >= 0.3 is 5.97 Å². The zero-order valence-electron chi connectivity index (χ0n) is 23.1. The Hall–Kier alpha value is -4.14. The number of halogens is 3. The molecule has 1 aliphatic rings. The molecule has 0 atom stereocenters. The van der Waals surface area contributed by atoms with E-state index in [1.807, 2.05) is 22.6 Å². The molecule has 4 aromatic heterocycles. The SMILES string of the molecule is CCn1cncc1Cn1c(CN2CCN(c3ncc(F)c(OCc4ccc(Cl)cc4F)n3)CC2)nc2sc(C(=O)O)cc21. The third-order valence-corrected chi connectivity index (χ3v) is 8.54. The minimum atomic E-state index is -0.973. The first-order chi connectivity index (χ1) is 20.8. The number of aromatic carboxylic acids is 1. The Balaban J connectivity index is 1.14. The van der Waals surface area contributed by atoms with Gasteiger partial charge in [0.1, 0.15) is 28.0 Å². The molecule has 6 rings (SSSR count). The van der Waals surface area contributed by atoms with Crippen LogP contribution in [0.15, 0.2) is 43.0 Å². The summed E-state index contributed by atoms with van der Waals surface area (Å²) in [4.78, 5) is 34.2. The lowest BCUT2D eigenvalue weighted by Gasteiger charge is -2.34. The molecule has 1 N–H and O–H groups in total. The second-order valence-electron chi connectivity index (χ2n) is 10.0. The number of rotatable bonds is 10. The number of piperazine rings is 1. The van der Waals surface area contributed by atoms with E-state index < -0.39 is 17.6 Å². The van der Waals surface area contributed by atoms with Crippen LogP contribution in [0.25, 0.3) is 10.3 Å². The van der Waals surface area contributed by atoms with Gasteiger partial charge in [0, 0.05) is 49.5 Å². The van der Waals surface area contributed by atoms with Crippen LogP contribution in [0.4, 0.5) is 14.7 Å². The Bertz CT molecular complexity index is 1780. The Kier molecular flexibility index (Phi) is 8.23. The molecule has 1 fully saturated rings. The largest absolute Gasteiger partial charge is 0.477 e. The maximum atomic E-state index is 14.4. The van der Waals surface area contributed by atoms with Gasteiger partial charge in [0.05, 0.1) is 36.8 Å². The predicted molar refractivity (Wildman–Crippen MR) is 157 cm³/mol. The molecule has 0 unspecified atom stereocenters. The number of carboxylic acid groups (broad SMARTS) is 1. The maximum Gasteiger partial charge on any atom is 0.346 e. The highest BCUT2D eigenvalue weighted by molar-refractivity contribution is 7.20. The standard InChI is InChI=1S/C28H27ClF2N8O3S/c1-2-37-16-32-11-19(37)13-39-22-10-23(27(40)41)43-26(22)34-24(39)14-36-5-7-38(8-6-36)28-33-12-21(31)25(35-28)42-15-17-3-4-18(29)9-20(17)30/h3-4,9-12,16H,2,5-8,13-15H2,1H3,(H,40,41). The third-order valence-electron chi connectivity index (χ3n) is 7.30. The number of benzene rings is 1. The van der Waals surface area contributed by atoms with E-state index in [1.165, 1.54) is 18.2 Å². The van der Waals surface area contributed by atoms with Gasteiger partial charge in [0.2, 0.25) is 11.8 Å². The number of carboxylic acids is 1. The van der Waals surface area contributed by atoms with Crippen LogP contribution in [0, 0.1) is 11.6 Å². The molecule has 0 radical (unpaired) electrons. The van der Waals surface area contributed by atoms with Crippen LogP contribution >= 0.6 is 22.9 Å². The van der Waals surface area contributed by atoms with Crippen molar-refractivity contribution in [2.75, 3.05) is 31.1 Å². The van der Waals surface area contributed by atoms with E-state index in [9.17, 15) is 18.7 Å². The first-order valence-corrected chi connectivity index (χ1v) is 14.8. The average molecular weight is 629 g/mol. The van der Waals surface area contributed by atoms with E-state index in [2.05, 4.69) is 24.4 Å². The summed E-state index contributed by atoms with van der Waals surface area (Å²) >= 11 is 6.96. The fourth-order valence-corrected chi connectivity index (χ4v) is 6.03. The molecule has 43 heavy (non-hydrogen) atoms. The topological polar surface area (TPSA) is 114 Å². The molecule has 0 bridgehead atoms. The van der Waals surface area contributed by atoms with E-state index >= 15 is 0 Å². The van der Waals surface area contributed by atoms with Gasteiger partial charge in [0.15, 0.2) is 0 Å². The van der Waals surface area contributed by atoms with Gasteiger partial charge in [-0.3, -0.25) is 4.90 Å². The van der Waals surface area contributed by atoms with Crippen LogP contribution in [-0.2, 0) is 26.2 Å². The van der Waals surface area contributed by atoms with Crippen LogP contribution in [0.5, 0.6) is 5.88 Å². The highest BCUT2D eigenvalue weighted by atomic mass is 35.5. The first-order valence-electron chi connectivity index (χ1n) is 13.6. The molecule has 224 valence electrons. The summed E-state index contributed by atoms with van der Waals surface area (Å²) in [6, 6.07) is 5.87. The van der Waals surface area contributed by atoms with Gasteiger partial charge in [0.25, 0.3) is 5.88 Å². The molecule has 0 spiro atoms. The van der Waals surface area contributed by atoms with Gasteiger partial charge in [-0.2, -0.15) is 9.37 Å². The number of hydrogen-bond donors (Lipinski definition) is 1. The van der Waals surface area contributed by atoms with Crippen molar-refractivity contribution < 1.29 is 23.4 Å². The lowest BCUT2D eigenvalue weighted by Crippen LogP contribution is -2.46. The smallest absolute Gasteiger partial charge is 0.346 e. The van der Waals surface area contributed by atoms with E-state index in [1.54, 1.807) is 12.4 Å². The molecule has 0 saturated carbocycles.